The number of nitro groups is 1. The maximum Gasteiger partial charge on any atom is 0.332 e. The molecule has 1 fully saturated rings. The molecular weight excluding hydrogens is 258 g/mol. The van der Waals surface area contributed by atoms with Crippen molar-refractivity contribution in [2.75, 3.05) is 30.4 Å². The molecule has 0 aliphatic carbocycles. The quantitative estimate of drug-likeness (QED) is 0.676. The molecule has 0 bridgehead atoms. The Morgan fingerprint density at radius 1 is 1.15 bits per heavy atom. The molecular formula is C13H21N5O2. The van der Waals surface area contributed by atoms with Crippen molar-refractivity contribution in [3.8, 4) is 0 Å². The Hall–Kier alpha value is -1.92. The number of nitrogens with zero attached hydrogens (tertiary/aromatic N) is 4. The first-order valence-corrected chi connectivity index (χ1v) is 7.09. The Morgan fingerprint density at radius 2 is 1.75 bits per heavy atom. The van der Waals surface area contributed by atoms with Crippen molar-refractivity contribution in [3.63, 3.8) is 0 Å². The van der Waals surface area contributed by atoms with Crippen LogP contribution in [0.25, 0.3) is 0 Å². The molecule has 0 atom stereocenters. The van der Waals surface area contributed by atoms with E-state index >= 15 is 0 Å². The van der Waals surface area contributed by atoms with Crippen LogP contribution < -0.4 is 10.2 Å². The highest BCUT2D eigenvalue weighted by Gasteiger charge is 2.26. The van der Waals surface area contributed by atoms with Gasteiger partial charge < -0.3 is 10.2 Å². The van der Waals surface area contributed by atoms with Gasteiger partial charge in [0.25, 0.3) is 0 Å². The second-order valence-corrected chi connectivity index (χ2v) is 5.07. The second kappa shape index (κ2) is 6.49. The molecule has 7 nitrogen and oxygen atoms in total. The molecule has 0 spiro atoms. The standard InChI is InChI=1S/C13H21N5O2/c1-10-11(18(19)20)12(16-13(14-2)15-10)17-8-6-4-3-5-7-9-17/h3-9H2,1-2H3,(H,14,15,16). The van der Waals surface area contributed by atoms with Crippen LogP contribution in [-0.4, -0.2) is 35.0 Å². The summed E-state index contributed by atoms with van der Waals surface area (Å²) >= 11 is 0. The van der Waals surface area contributed by atoms with Gasteiger partial charge in [-0.25, -0.2) is 4.98 Å². The summed E-state index contributed by atoms with van der Waals surface area (Å²) in [6.45, 7) is 3.30. The van der Waals surface area contributed by atoms with Gasteiger partial charge in [0, 0.05) is 20.1 Å². The molecule has 7 heteroatoms. The number of aromatic nitrogens is 2. The van der Waals surface area contributed by atoms with E-state index in [9.17, 15) is 10.1 Å². The third-order valence-corrected chi connectivity index (χ3v) is 3.60. The monoisotopic (exact) mass is 279 g/mol. The minimum atomic E-state index is -0.372. The first-order chi connectivity index (χ1) is 9.63. The van der Waals surface area contributed by atoms with Crippen LogP contribution >= 0.6 is 0 Å². The zero-order chi connectivity index (χ0) is 14.5. The predicted molar refractivity (Wildman–Crippen MR) is 78.3 cm³/mol. The van der Waals surface area contributed by atoms with Crippen molar-refractivity contribution in [2.24, 2.45) is 0 Å². The highest BCUT2D eigenvalue weighted by atomic mass is 16.6. The normalized spacial score (nSPS) is 16.4. The summed E-state index contributed by atoms with van der Waals surface area (Å²) in [7, 11) is 1.72. The molecule has 2 rings (SSSR count). The van der Waals surface area contributed by atoms with Gasteiger partial charge in [0.15, 0.2) is 0 Å². The lowest BCUT2D eigenvalue weighted by atomic mass is 10.1. The first-order valence-electron chi connectivity index (χ1n) is 7.09. The highest BCUT2D eigenvalue weighted by Crippen LogP contribution is 2.31. The number of rotatable bonds is 3. The van der Waals surface area contributed by atoms with Crippen molar-refractivity contribution in [2.45, 2.75) is 39.0 Å². The third-order valence-electron chi connectivity index (χ3n) is 3.60. The molecule has 1 N–H and O–H groups in total. The molecule has 0 amide bonds. The fourth-order valence-electron chi connectivity index (χ4n) is 2.56. The molecule has 0 saturated carbocycles. The fourth-order valence-corrected chi connectivity index (χ4v) is 2.56. The zero-order valence-electron chi connectivity index (χ0n) is 12.1. The van der Waals surface area contributed by atoms with Gasteiger partial charge in [0.05, 0.1) is 4.92 Å². The first kappa shape index (κ1) is 14.5. The summed E-state index contributed by atoms with van der Waals surface area (Å²) in [6.07, 6.45) is 5.70. The van der Waals surface area contributed by atoms with E-state index in [4.69, 9.17) is 0 Å². The molecule has 110 valence electrons. The summed E-state index contributed by atoms with van der Waals surface area (Å²) in [5.74, 6) is 0.888. The second-order valence-electron chi connectivity index (χ2n) is 5.07. The van der Waals surface area contributed by atoms with Gasteiger partial charge >= 0.3 is 5.69 Å². The zero-order valence-corrected chi connectivity index (χ0v) is 12.1. The van der Waals surface area contributed by atoms with E-state index < -0.39 is 0 Å². The van der Waals surface area contributed by atoms with Crippen LogP contribution in [0.1, 0.15) is 37.8 Å². The van der Waals surface area contributed by atoms with E-state index in [1.54, 1.807) is 14.0 Å². The molecule has 1 aromatic heterocycles. The smallest absolute Gasteiger partial charge is 0.332 e. The molecule has 0 aromatic carbocycles. The van der Waals surface area contributed by atoms with E-state index in [-0.39, 0.29) is 10.6 Å². The van der Waals surface area contributed by atoms with Gasteiger partial charge in [-0.05, 0) is 19.8 Å². The molecule has 1 aromatic rings. The van der Waals surface area contributed by atoms with E-state index in [2.05, 4.69) is 15.3 Å². The van der Waals surface area contributed by atoms with Crippen LogP contribution in [0.4, 0.5) is 17.5 Å². The summed E-state index contributed by atoms with van der Waals surface area (Å²) < 4.78 is 0. The van der Waals surface area contributed by atoms with Gasteiger partial charge in [0.2, 0.25) is 11.8 Å². The summed E-state index contributed by atoms with van der Waals surface area (Å²) in [5, 5.41) is 14.2. The van der Waals surface area contributed by atoms with Crippen LogP contribution in [0.15, 0.2) is 0 Å². The summed E-state index contributed by atoms with van der Waals surface area (Å²) in [5.41, 5.74) is 0.441. The van der Waals surface area contributed by atoms with Crippen molar-refractivity contribution in [1.29, 1.82) is 0 Å². The maximum absolute atomic E-state index is 11.3. The Balaban J connectivity index is 2.40. The van der Waals surface area contributed by atoms with Crippen LogP contribution in [0.3, 0.4) is 0 Å². The molecule has 0 unspecified atom stereocenters. The average molecular weight is 279 g/mol. The minimum absolute atomic E-state index is 0.0320. The van der Waals surface area contributed by atoms with Gasteiger partial charge in [-0.15, -0.1) is 0 Å². The van der Waals surface area contributed by atoms with Crippen LogP contribution in [0.5, 0.6) is 0 Å². The van der Waals surface area contributed by atoms with Crippen LogP contribution in [0, 0.1) is 17.0 Å². The Labute approximate surface area is 118 Å². The number of nitrogens with one attached hydrogen (secondary N) is 1. The molecule has 2 heterocycles. The summed E-state index contributed by atoms with van der Waals surface area (Å²) in [6, 6.07) is 0. The Bertz CT molecular complexity index is 484. The minimum Gasteiger partial charge on any atom is -0.357 e. The molecule has 1 aliphatic rings. The lowest BCUT2D eigenvalue weighted by Gasteiger charge is -2.25. The van der Waals surface area contributed by atoms with Gasteiger partial charge in [-0.3, -0.25) is 10.1 Å². The Kier molecular flexibility index (Phi) is 4.70. The van der Waals surface area contributed by atoms with E-state index in [1.165, 1.54) is 19.3 Å². The van der Waals surface area contributed by atoms with Crippen LogP contribution in [0.2, 0.25) is 0 Å². The number of anilines is 2. The largest absolute Gasteiger partial charge is 0.357 e. The molecule has 0 radical (unpaired) electrons. The average Bonchev–Trinajstić information content (AvgIpc) is 2.36. The third kappa shape index (κ3) is 3.15. The number of hydrogen-bond donors (Lipinski definition) is 1. The molecule has 20 heavy (non-hydrogen) atoms. The van der Waals surface area contributed by atoms with Gasteiger partial charge in [-0.1, -0.05) is 19.3 Å². The maximum atomic E-state index is 11.3. The highest BCUT2D eigenvalue weighted by molar-refractivity contribution is 5.62. The topological polar surface area (TPSA) is 84.2 Å². The van der Waals surface area contributed by atoms with Crippen molar-refractivity contribution in [1.82, 2.24) is 9.97 Å². The van der Waals surface area contributed by atoms with Gasteiger partial charge in [-0.2, -0.15) is 4.98 Å². The van der Waals surface area contributed by atoms with Crippen LogP contribution in [-0.2, 0) is 0 Å². The number of hydrogen-bond acceptors (Lipinski definition) is 6. The lowest BCUT2D eigenvalue weighted by molar-refractivity contribution is -0.385. The molecule has 1 saturated heterocycles. The van der Waals surface area contributed by atoms with Gasteiger partial charge in [0.1, 0.15) is 5.69 Å². The lowest BCUT2D eigenvalue weighted by Crippen LogP contribution is -2.29. The van der Waals surface area contributed by atoms with Crippen molar-refractivity contribution >= 4 is 17.5 Å². The number of aryl methyl sites for hydroxylation is 1. The predicted octanol–water partition coefficient (Wildman–Crippen LogP) is 2.51. The van der Waals surface area contributed by atoms with E-state index in [0.29, 0.717) is 17.5 Å². The Morgan fingerprint density at radius 3 is 2.30 bits per heavy atom. The van der Waals surface area contributed by atoms with Crippen molar-refractivity contribution in [3.05, 3.63) is 15.8 Å². The SMILES string of the molecule is CNc1nc(C)c([N+](=O)[O-])c(N2CCCCCCC2)n1. The summed E-state index contributed by atoms with van der Waals surface area (Å²) in [4.78, 5) is 21.4. The van der Waals surface area contributed by atoms with E-state index in [1.807, 2.05) is 4.90 Å². The van der Waals surface area contributed by atoms with E-state index in [0.717, 1.165) is 25.9 Å². The van der Waals surface area contributed by atoms with Crippen molar-refractivity contribution < 1.29 is 4.92 Å². The fraction of sp³-hybridized carbons (Fsp3) is 0.692. The molecule has 1 aliphatic heterocycles.